The fraction of sp³-hybridized carbons (Fsp3) is 0.0769. The van der Waals surface area contributed by atoms with Crippen molar-refractivity contribution >= 4 is 21.6 Å². The molecule has 96 valence electrons. The van der Waals surface area contributed by atoms with Gasteiger partial charge < -0.3 is 15.2 Å². The third-order valence-corrected chi connectivity index (χ3v) is 2.90. The highest BCUT2D eigenvalue weighted by molar-refractivity contribution is 9.10. The monoisotopic (exact) mass is 319 g/mol. The molecule has 2 rings (SSSR count). The summed E-state index contributed by atoms with van der Waals surface area (Å²) >= 11 is 3.32. The van der Waals surface area contributed by atoms with Crippen LogP contribution in [0.3, 0.4) is 0 Å². The number of ether oxygens (including phenoxy) is 2. The molecule has 1 aromatic heterocycles. The zero-order valence-corrected chi connectivity index (χ0v) is 11.6. The third kappa shape index (κ3) is 2.95. The number of nitriles is 1. The van der Waals surface area contributed by atoms with Crippen molar-refractivity contribution in [3.63, 3.8) is 0 Å². The number of hydrogen-bond donors (Lipinski definition) is 1. The fourth-order valence-corrected chi connectivity index (χ4v) is 1.89. The first kappa shape index (κ1) is 13.2. The number of rotatable bonds is 3. The summed E-state index contributed by atoms with van der Waals surface area (Å²) in [5, 5.41) is 8.83. The summed E-state index contributed by atoms with van der Waals surface area (Å²) in [7, 11) is 1.51. The molecule has 0 saturated heterocycles. The van der Waals surface area contributed by atoms with Crippen LogP contribution in [0, 0.1) is 11.3 Å². The Morgan fingerprint density at radius 1 is 1.32 bits per heavy atom. The Balaban J connectivity index is 2.35. The van der Waals surface area contributed by atoms with Gasteiger partial charge in [-0.05, 0) is 34.1 Å². The molecule has 1 heterocycles. The number of benzene rings is 1. The van der Waals surface area contributed by atoms with E-state index in [2.05, 4.69) is 20.9 Å². The summed E-state index contributed by atoms with van der Waals surface area (Å²) < 4.78 is 11.5. The molecular formula is C13H10BrN3O2. The number of nitrogens with two attached hydrogens (primary N) is 1. The number of aromatic nitrogens is 1. The van der Waals surface area contributed by atoms with Gasteiger partial charge in [0.2, 0.25) is 5.88 Å². The van der Waals surface area contributed by atoms with E-state index in [1.165, 1.54) is 13.3 Å². The molecule has 19 heavy (non-hydrogen) atoms. The van der Waals surface area contributed by atoms with Gasteiger partial charge in [0.05, 0.1) is 35.1 Å². The normalized spacial score (nSPS) is 9.74. The predicted molar refractivity (Wildman–Crippen MR) is 74.1 cm³/mol. The smallest absolute Gasteiger partial charge is 0.233 e. The summed E-state index contributed by atoms with van der Waals surface area (Å²) in [5.41, 5.74) is 6.63. The Kier molecular flexibility index (Phi) is 3.88. The van der Waals surface area contributed by atoms with Crippen molar-refractivity contribution in [1.29, 1.82) is 5.26 Å². The maximum atomic E-state index is 8.83. The molecular weight excluding hydrogens is 310 g/mol. The van der Waals surface area contributed by atoms with Crippen LogP contribution < -0.4 is 15.2 Å². The number of pyridine rings is 1. The SMILES string of the molecule is COc1cc(C#N)ccc1Oc1ncc(N)cc1Br. The lowest BCUT2D eigenvalue weighted by Gasteiger charge is -2.10. The molecule has 0 radical (unpaired) electrons. The molecule has 1 aromatic carbocycles. The zero-order valence-electron chi connectivity index (χ0n) is 10.1. The van der Waals surface area contributed by atoms with Gasteiger partial charge in [0, 0.05) is 6.07 Å². The molecule has 2 N–H and O–H groups in total. The number of methoxy groups -OCH3 is 1. The first-order valence-corrected chi connectivity index (χ1v) is 6.10. The van der Waals surface area contributed by atoms with Gasteiger partial charge in [-0.25, -0.2) is 4.98 Å². The average Bonchev–Trinajstić information content (AvgIpc) is 2.42. The molecule has 0 unspecified atom stereocenters. The number of nitrogens with zero attached hydrogens (tertiary/aromatic N) is 2. The predicted octanol–water partition coefficient (Wildman–Crippen LogP) is 3.10. The highest BCUT2D eigenvalue weighted by Crippen LogP contribution is 2.34. The number of halogens is 1. The first-order chi connectivity index (χ1) is 9.13. The molecule has 0 bridgehead atoms. The van der Waals surface area contributed by atoms with E-state index in [1.54, 1.807) is 24.3 Å². The summed E-state index contributed by atoms with van der Waals surface area (Å²) in [5.74, 6) is 1.31. The lowest BCUT2D eigenvalue weighted by Crippen LogP contribution is -1.95. The Morgan fingerprint density at radius 2 is 2.11 bits per heavy atom. The molecule has 0 spiro atoms. The average molecular weight is 320 g/mol. The van der Waals surface area contributed by atoms with Gasteiger partial charge >= 0.3 is 0 Å². The second kappa shape index (κ2) is 5.59. The van der Waals surface area contributed by atoms with Gasteiger partial charge in [-0.1, -0.05) is 0 Å². The molecule has 0 fully saturated rings. The molecule has 0 amide bonds. The van der Waals surface area contributed by atoms with Gasteiger partial charge in [0.15, 0.2) is 11.5 Å². The third-order valence-electron chi connectivity index (χ3n) is 2.33. The van der Waals surface area contributed by atoms with Crippen LogP contribution in [0.15, 0.2) is 34.9 Å². The number of anilines is 1. The largest absolute Gasteiger partial charge is 0.493 e. The summed E-state index contributed by atoms with van der Waals surface area (Å²) in [4.78, 5) is 4.08. The van der Waals surface area contributed by atoms with Gasteiger partial charge in [0.25, 0.3) is 0 Å². The summed E-state index contributed by atoms with van der Waals surface area (Å²) in [6.07, 6.45) is 1.50. The Labute approximate surface area is 118 Å². The van der Waals surface area contributed by atoms with E-state index in [0.29, 0.717) is 33.1 Å². The second-order valence-electron chi connectivity index (χ2n) is 3.64. The van der Waals surface area contributed by atoms with Crippen molar-refractivity contribution in [1.82, 2.24) is 4.98 Å². The van der Waals surface area contributed by atoms with Crippen molar-refractivity contribution in [3.8, 4) is 23.4 Å². The Hall–Kier alpha value is -2.26. The maximum absolute atomic E-state index is 8.83. The van der Waals surface area contributed by atoms with Crippen LogP contribution in [-0.2, 0) is 0 Å². The minimum atomic E-state index is 0.372. The molecule has 6 heteroatoms. The number of nitrogen functional groups attached to an aromatic ring is 1. The second-order valence-corrected chi connectivity index (χ2v) is 4.49. The van der Waals surface area contributed by atoms with E-state index in [-0.39, 0.29) is 0 Å². The van der Waals surface area contributed by atoms with E-state index in [0.717, 1.165) is 0 Å². The van der Waals surface area contributed by atoms with Crippen molar-refractivity contribution < 1.29 is 9.47 Å². The van der Waals surface area contributed by atoms with Crippen LogP contribution in [0.1, 0.15) is 5.56 Å². The van der Waals surface area contributed by atoms with E-state index in [4.69, 9.17) is 20.5 Å². The molecule has 0 saturated carbocycles. The topological polar surface area (TPSA) is 81.2 Å². The van der Waals surface area contributed by atoms with Crippen LogP contribution in [0.5, 0.6) is 17.4 Å². The molecule has 0 aliphatic carbocycles. The van der Waals surface area contributed by atoms with Gasteiger partial charge in [0.1, 0.15) is 0 Å². The summed E-state index contributed by atoms with van der Waals surface area (Å²) in [6.45, 7) is 0. The quantitative estimate of drug-likeness (QED) is 0.940. The Morgan fingerprint density at radius 3 is 2.74 bits per heavy atom. The van der Waals surface area contributed by atoms with Crippen LogP contribution in [0.2, 0.25) is 0 Å². The molecule has 0 atom stereocenters. The van der Waals surface area contributed by atoms with E-state index in [1.807, 2.05) is 6.07 Å². The molecule has 0 aliphatic heterocycles. The van der Waals surface area contributed by atoms with Gasteiger partial charge in [-0.2, -0.15) is 5.26 Å². The highest BCUT2D eigenvalue weighted by atomic mass is 79.9. The first-order valence-electron chi connectivity index (χ1n) is 5.31. The lowest BCUT2D eigenvalue weighted by atomic mass is 10.2. The highest BCUT2D eigenvalue weighted by Gasteiger charge is 2.10. The Bertz CT molecular complexity index is 653. The van der Waals surface area contributed by atoms with Crippen LogP contribution in [0.4, 0.5) is 5.69 Å². The van der Waals surface area contributed by atoms with Crippen molar-refractivity contribution in [3.05, 3.63) is 40.5 Å². The maximum Gasteiger partial charge on any atom is 0.233 e. The summed E-state index contributed by atoms with van der Waals surface area (Å²) in [6, 6.07) is 8.62. The van der Waals surface area contributed by atoms with Crippen LogP contribution in [0.25, 0.3) is 0 Å². The van der Waals surface area contributed by atoms with E-state index < -0.39 is 0 Å². The molecule has 5 nitrogen and oxygen atoms in total. The molecule has 0 aliphatic rings. The van der Waals surface area contributed by atoms with Crippen molar-refractivity contribution in [2.75, 3.05) is 12.8 Å². The van der Waals surface area contributed by atoms with Crippen molar-refractivity contribution in [2.24, 2.45) is 0 Å². The zero-order chi connectivity index (χ0) is 13.8. The van der Waals surface area contributed by atoms with E-state index in [9.17, 15) is 0 Å². The minimum absolute atomic E-state index is 0.372. The van der Waals surface area contributed by atoms with Crippen LogP contribution >= 0.6 is 15.9 Å². The fourth-order valence-electron chi connectivity index (χ4n) is 1.44. The van der Waals surface area contributed by atoms with Crippen molar-refractivity contribution in [2.45, 2.75) is 0 Å². The minimum Gasteiger partial charge on any atom is -0.493 e. The molecule has 2 aromatic rings. The lowest BCUT2D eigenvalue weighted by molar-refractivity contribution is 0.373. The van der Waals surface area contributed by atoms with Gasteiger partial charge in [-0.3, -0.25) is 0 Å². The van der Waals surface area contributed by atoms with Gasteiger partial charge in [-0.15, -0.1) is 0 Å². The van der Waals surface area contributed by atoms with E-state index >= 15 is 0 Å². The standard InChI is InChI=1S/C13H10BrN3O2/c1-18-12-4-8(6-15)2-3-11(12)19-13-10(14)5-9(16)7-17-13/h2-5,7H,16H2,1H3. The number of hydrogen-bond acceptors (Lipinski definition) is 5. The van der Waals surface area contributed by atoms with Crippen LogP contribution in [-0.4, -0.2) is 12.1 Å².